The number of hydrogen-bond acceptors (Lipinski definition) is 3. The quantitative estimate of drug-likeness (QED) is 0.773. The lowest BCUT2D eigenvalue weighted by molar-refractivity contribution is -0.136. The predicted molar refractivity (Wildman–Crippen MR) is 76.6 cm³/mol. The van der Waals surface area contributed by atoms with Crippen LogP contribution in [-0.4, -0.2) is 30.4 Å². The van der Waals surface area contributed by atoms with Crippen LogP contribution in [0.4, 0.5) is 0 Å². The van der Waals surface area contributed by atoms with E-state index in [1.54, 1.807) is 7.11 Å². The zero-order chi connectivity index (χ0) is 14.7. The number of amides is 2. The monoisotopic (exact) mass is 273 g/mol. The maximum absolute atomic E-state index is 11.5. The van der Waals surface area contributed by atoms with Gasteiger partial charge in [0.25, 0.3) is 11.8 Å². The van der Waals surface area contributed by atoms with Crippen molar-refractivity contribution in [3.63, 3.8) is 0 Å². The smallest absolute Gasteiger partial charge is 0.253 e. The van der Waals surface area contributed by atoms with Crippen LogP contribution in [0.3, 0.4) is 0 Å². The maximum Gasteiger partial charge on any atom is 0.253 e. The molecule has 0 N–H and O–H groups in total. The summed E-state index contributed by atoms with van der Waals surface area (Å²) in [6, 6.07) is 6.00. The van der Waals surface area contributed by atoms with E-state index in [1.807, 2.05) is 12.1 Å². The van der Waals surface area contributed by atoms with Gasteiger partial charge < -0.3 is 4.74 Å². The first-order valence-electron chi connectivity index (χ1n) is 6.73. The van der Waals surface area contributed by atoms with E-state index in [-0.39, 0.29) is 11.8 Å². The topological polar surface area (TPSA) is 46.6 Å². The van der Waals surface area contributed by atoms with Crippen molar-refractivity contribution >= 4 is 11.8 Å². The molecule has 0 saturated carbocycles. The standard InChI is InChI=1S/C16H19NO3/c1-11(2)13-10-12(4-5-14(13)20-3)8-9-17-15(18)6-7-16(17)19/h4-7,10-11H,8-9H2,1-3H3. The van der Waals surface area contributed by atoms with Gasteiger partial charge in [-0.2, -0.15) is 0 Å². The van der Waals surface area contributed by atoms with Gasteiger partial charge in [-0.15, -0.1) is 0 Å². The highest BCUT2D eigenvalue weighted by Gasteiger charge is 2.22. The van der Waals surface area contributed by atoms with Crippen LogP contribution >= 0.6 is 0 Å². The fraction of sp³-hybridized carbons (Fsp3) is 0.375. The molecule has 0 saturated heterocycles. The van der Waals surface area contributed by atoms with Crippen LogP contribution in [0.2, 0.25) is 0 Å². The number of carbonyl (C=O) groups excluding carboxylic acids is 2. The minimum Gasteiger partial charge on any atom is -0.496 e. The van der Waals surface area contributed by atoms with Crippen molar-refractivity contribution in [3.8, 4) is 5.75 Å². The first-order chi connectivity index (χ1) is 9.52. The Morgan fingerprint density at radius 1 is 1.15 bits per heavy atom. The molecule has 20 heavy (non-hydrogen) atoms. The van der Waals surface area contributed by atoms with Crippen molar-refractivity contribution < 1.29 is 14.3 Å². The highest BCUT2D eigenvalue weighted by Crippen LogP contribution is 2.27. The first kappa shape index (κ1) is 14.3. The lowest BCUT2D eigenvalue weighted by atomic mass is 9.98. The molecule has 0 aliphatic carbocycles. The molecule has 0 aromatic heterocycles. The van der Waals surface area contributed by atoms with E-state index in [9.17, 15) is 9.59 Å². The van der Waals surface area contributed by atoms with Crippen LogP contribution in [0.1, 0.15) is 30.9 Å². The Kier molecular flexibility index (Phi) is 4.23. The van der Waals surface area contributed by atoms with E-state index < -0.39 is 0 Å². The van der Waals surface area contributed by atoms with Crippen molar-refractivity contribution in [3.05, 3.63) is 41.5 Å². The molecule has 106 valence electrons. The number of methoxy groups -OCH3 is 1. The zero-order valence-electron chi connectivity index (χ0n) is 12.1. The molecule has 2 amide bonds. The molecule has 0 fully saturated rings. The third-order valence-electron chi connectivity index (χ3n) is 3.44. The fourth-order valence-corrected chi connectivity index (χ4v) is 2.28. The average Bonchev–Trinajstić information content (AvgIpc) is 2.75. The van der Waals surface area contributed by atoms with Gasteiger partial charge in [-0.1, -0.05) is 26.0 Å². The molecule has 0 spiro atoms. The maximum atomic E-state index is 11.5. The molecule has 2 rings (SSSR count). The van der Waals surface area contributed by atoms with Crippen LogP contribution in [0.25, 0.3) is 0 Å². The van der Waals surface area contributed by atoms with Gasteiger partial charge >= 0.3 is 0 Å². The first-order valence-corrected chi connectivity index (χ1v) is 6.73. The normalized spacial score (nSPS) is 14.5. The van der Waals surface area contributed by atoms with Gasteiger partial charge in [0.05, 0.1) is 7.11 Å². The molecular formula is C16H19NO3. The molecule has 4 nitrogen and oxygen atoms in total. The minimum atomic E-state index is -0.229. The third kappa shape index (κ3) is 2.90. The zero-order valence-corrected chi connectivity index (χ0v) is 12.1. The molecule has 0 radical (unpaired) electrons. The van der Waals surface area contributed by atoms with Gasteiger partial charge in [0.15, 0.2) is 0 Å². The summed E-state index contributed by atoms with van der Waals surface area (Å²) in [6.07, 6.45) is 3.29. The van der Waals surface area contributed by atoms with Crippen molar-refractivity contribution in [2.75, 3.05) is 13.7 Å². The van der Waals surface area contributed by atoms with Crippen molar-refractivity contribution in [1.82, 2.24) is 4.90 Å². The van der Waals surface area contributed by atoms with E-state index in [0.29, 0.717) is 18.9 Å². The SMILES string of the molecule is COc1ccc(CCN2C(=O)C=CC2=O)cc1C(C)C. The Balaban J connectivity index is 2.09. The Bertz CT molecular complexity index is 543. The summed E-state index contributed by atoms with van der Waals surface area (Å²) in [6.45, 7) is 4.63. The summed E-state index contributed by atoms with van der Waals surface area (Å²) in [4.78, 5) is 24.2. The number of carbonyl (C=O) groups is 2. The van der Waals surface area contributed by atoms with E-state index in [1.165, 1.54) is 17.1 Å². The van der Waals surface area contributed by atoms with Gasteiger partial charge in [-0.05, 0) is 29.5 Å². The van der Waals surface area contributed by atoms with Gasteiger partial charge in [0.2, 0.25) is 0 Å². The third-order valence-corrected chi connectivity index (χ3v) is 3.44. The Morgan fingerprint density at radius 3 is 2.35 bits per heavy atom. The second-order valence-corrected chi connectivity index (χ2v) is 5.14. The molecule has 4 heteroatoms. The van der Waals surface area contributed by atoms with Crippen LogP contribution < -0.4 is 4.74 Å². The van der Waals surface area contributed by atoms with E-state index in [4.69, 9.17) is 4.74 Å². The van der Waals surface area contributed by atoms with Gasteiger partial charge in [0.1, 0.15) is 5.75 Å². The van der Waals surface area contributed by atoms with Gasteiger partial charge in [0, 0.05) is 18.7 Å². The lowest BCUT2D eigenvalue weighted by Crippen LogP contribution is -2.31. The summed E-state index contributed by atoms with van der Waals surface area (Å²) in [7, 11) is 1.66. The molecule has 0 atom stereocenters. The number of imide groups is 1. The van der Waals surface area contributed by atoms with Crippen molar-refractivity contribution in [2.45, 2.75) is 26.2 Å². The Labute approximate surface area is 119 Å². The summed E-state index contributed by atoms with van der Waals surface area (Å²) >= 11 is 0. The molecule has 1 aromatic carbocycles. The number of nitrogens with zero attached hydrogens (tertiary/aromatic N) is 1. The largest absolute Gasteiger partial charge is 0.496 e. The lowest BCUT2D eigenvalue weighted by Gasteiger charge is -2.16. The van der Waals surface area contributed by atoms with Crippen LogP contribution in [-0.2, 0) is 16.0 Å². The summed E-state index contributed by atoms with van der Waals surface area (Å²) in [5.41, 5.74) is 2.24. The highest BCUT2D eigenvalue weighted by atomic mass is 16.5. The van der Waals surface area contributed by atoms with E-state index in [2.05, 4.69) is 19.9 Å². The summed E-state index contributed by atoms with van der Waals surface area (Å²) < 4.78 is 5.35. The minimum absolute atomic E-state index is 0.229. The number of ether oxygens (including phenoxy) is 1. The number of benzene rings is 1. The van der Waals surface area contributed by atoms with Gasteiger partial charge in [-0.25, -0.2) is 0 Å². The van der Waals surface area contributed by atoms with E-state index >= 15 is 0 Å². The molecule has 1 aromatic rings. The molecular weight excluding hydrogens is 254 g/mol. The van der Waals surface area contributed by atoms with Crippen LogP contribution in [0.15, 0.2) is 30.4 Å². The number of rotatable bonds is 5. The highest BCUT2D eigenvalue weighted by molar-refractivity contribution is 6.12. The molecule has 1 aliphatic rings. The fourth-order valence-electron chi connectivity index (χ4n) is 2.28. The number of hydrogen-bond donors (Lipinski definition) is 0. The Morgan fingerprint density at radius 2 is 1.80 bits per heavy atom. The second kappa shape index (κ2) is 5.90. The predicted octanol–water partition coefficient (Wildman–Crippen LogP) is 2.29. The van der Waals surface area contributed by atoms with Crippen molar-refractivity contribution in [1.29, 1.82) is 0 Å². The second-order valence-electron chi connectivity index (χ2n) is 5.14. The molecule has 1 heterocycles. The van der Waals surface area contributed by atoms with E-state index in [0.717, 1.165) is 16.9 Å². The van der Waals surface area contributed by atoms with Crippen LogP contribution in [0, 0.1) is 0 Å². The Hall–Kier alpha value is -2.10. The average molecular weight is 273 g/mol. The molecule has 0 bridgehead atoms. The summed E-state index contributed by atoms with van der Waals surface area (Å²) in [5, 5.41) is 0. The molecule has 1 aliphatic heterocycles. The van der Waals surface area contributed by atoms with Crippen molar-refractivity contribution in [2.24, 2.45) is 0 Å². The van der Waals surface area contributed by atoms with Crippen LogP contribution in [0.5, 0.6) is 5.75 Å². The summed E-state index contributed by atoms with van der Waals surface area (Å²) in [5.74, 6) is 0.778. The molecule has 0 unspecified atom stereocenters. The van der Waals surface area contributed by atoms with Gasteiger partial charge in [-0.3, -0.25) is 14.5 Å².